The molecule has 0 amide bonds. The first-order valence-corrected chi connectivity index (χ1v) is 5.44. The summed E-state index contributed by atoms with van der Waals surface area (Å²) in [6.45, 7) is 0. The van der Waals surface area contributed by atoms with Crippen molar-refractivity contribution in [2.75, 3.05) is 7.11 Å². The van der Waals surface area contributed by atoms with Gasteiger partial charge in [0.15, 0.2) is 0 Å². The van der Waals surface area contributed by atoms with E-state index in [0.29, 0.717) is 0 Å². The van der Waals surface area contributed by atoms with E-state index in [-0.39, 0.29) is 6.04 Å². The van der Waals surface area contributed by atoms with Crippen LogP contribution in [0.3, 0.4) is 0 Å². The van der Waals surface area contributed by atoms with E-state index in [1.165, 1.54) is 7.11 Å². The van der Waals surface area contributed by atoms with Gasteiger partial charge < -0.3 is 0 Å². The van der Waals surface area contributed by atoms with Crippen molar-refractivity contribution in [1.82, 2.24) is 9.61 Å². The lowest BCUT2D eigenvalue weighted by molar-refractivity contribution is 0.151. The molecule has 72 valence electrons. The van der Waals surface area contributed by atoms with Gasteiger partial charge >= 0.3 is 0 Å². The summed E-state index contributed by atoms with van der Waals surface area (Å²) in [4.78, 5) is 6.23. The Bertz CT molecular complexity index is 221. The number of hydrogen-bond acceptors (Lipinski definition) is 3. The van der Waals surface area contributed by atoms with Crippen LogP contribution in [0.4, 0.5) is 0 Å². The second kappa shape index (κ2) is 4.18. The molecule has 0 spiro atoms. The zero-order chi connectivity index (χ0) is 9.03. The Morgan fingerprint density at radius 2 is 1.92 bits per heavy atom. The van der Waals surface area contributed by atoms with Gasteiger partial charge in [-0.1, -0.05) is 17.7 Å². The SMILES string of the molecule is CONS(=O)(=O)NC1CCCC1. The summed E-state index contributed by atoms with van der Waals surface area (Å²) in [5, 5.41) is 0. The molecule has 0 aromatic rings. The first-order valence-electron chi connectivity index (χ1n) is 3.96. The molecule has 1 saturated carbocycles. The van der Waals surface area contributed by atoms with E-state index in [0.717, 1.165) is 25.7 Å². The molecular formula is C6H14N2O3S. The first-order chi connectivity index (χ1) is 5.64. The molecule has 0 aliphatic heterocycles. The van der Waals surface area contributed by atoms with Gasteiger partial charge in [-0.15, -0.1) is 0 Å². The molecule has 6 heteroatoms. The van der Waals surface area contributed by atoms with E-state index in [1.54, 1.807) is 0 Å². The van der Waals surface area contributed by atoms with Gasteiger partial charge in [0, 0.05) is 6.04 Å². The highest BCUT2D eigenvalue weighted by Crippen LogP contribution is 2.17. The summed E-state index contributed by atoms with van der Waals surface area (Å²) < 4.78 is 24.6. The Labute approximate surface area is 72.6 Å². The summed E-state index contributed by atoms with van der Waals surface area (Å²) in [5.74, 6) is 0. The molecular weight excluding hydrogens is 180 g/mol. The zero-order valence-corrected chi connectivity index (χ0v) is 7.86. The fraction of sp³-hybridized carbons (Fsp3) is 1.00. The van der Waals surface area contributed by atoms with Crippen LogP contribution in [-0.4, -0.2) is 21.6 Å². The Kier molecular flexibility index (Phi) is 3.45. The fourth-order valence-electron chi connectivity index (χ4n) is 1.40. The Balaban J connectivity index is 2.38. The molecule has 0 atom stereocenters. The van der Waals surface area contributed by atoms with Gasteiger partial charge in [-0.25, -0.2) is 0 Å². The average molecular weight is 194 g/mol. The van der Waals surface area contributed by atoms with Crippen LogP contribution in [0.25, 0.3) is 0 Å². The van der Waals surface area contributed by atoms with E-state index in [2.05, 4.69) is 9.56 Å². The molecule has 0 heterocycles. The second-order valence-corrected chi connectivity index (χ2v) is 4.30. The molecule has 1 fully saturated rings. The van der Waals surface area contributed by atoms with Crippen molar-refractivity contribution in [3.05, 3.63) is 0 Å². The molecule has 0 bridgehead atoms. The Hall–Kier alpha value is -0.170. The van der Waals surface area contributed by atoms with Gasteiger partial charge in [0.2, 0.25) is 0 Å². The molecule has 1 rings (SSSR count). The van der Waals surface area contributed by atoms with Crippen molar-refractivity contribution in [3.63, 3.8) is 0 Å². The van der Waals surface area contributed by atoms with Gasteiger partial charge in [0.05, 0.1) is 7.11 Å². The maximum atomic E-state index is 11.0. The molecule has 0 unspecified atom stereocenters. The van der Waals surface area contributed by atoms with E-state index >= 15 is 0 Å². The van der Waals surface area contributed by atoms with Crippen molar-refractivity contribution in [3.8, 4) is 0 Å². The molecule has 0 radical (unpaired) electrons. The van der Waals surface area contributed by atoms with E-state index in [9.17, 15) is 8.42 Å². The van der Waals surface area contributed by atoms with Crippen LogP contribution in [0.15, 0.2) is 0 Å². The van der Waals surface area contributed by atoms with Crippen LogP contribution < -0.4 is 9.61 Å². The maximum absolute atomic E-state index is 11.0. The predicted molar refractivity (Wildman–Crippen MR) is 44.5 cm³/mol. The molecule has 1 aliphatic carbocycles. The van der Waals surface area contributed by atoms with Gasteiger partial charge in [-0.3, -0.25) is 4.84 Å². The Morgan fingerprint density at radius 1 is 1.33 bits per heavy atom. The standard InChI is InChI=1S/C6H14N2O3S/c1-11-8-12(9,10)7-6-4-2-3-5-6/h6-8H,2-5H2,1H3. The van der Waals surface area contributed by atoms with E-state index in [4.69, 9.17) is 0 Å². The third-order valence-corrected chi connectivity index (χ3v) is 2.90. The minimum absolute atomic E-state index is 0.0812. The number of nitrogens with one attached hydrogen (secondary N) is 2. The van der Waals surface area contributed by atoms with Crippen LogP contribution >= 0.6 is 0 Å². The summed E-state index contributed by atoms with van der Waals surface area (Å²) in [7, 11) is -2.17. The molecule has 2 N–H and O–H groups in total. The molecule has 0 saturated heterocycles. The monoisotopic (exact) mass is 194 g/mol. The van der Waals surface area contributed by atoms with E-state index in [1.807, 2.05) is 4.89 Å². The second-order valence-electron chi connectivity index (χ2n) is 2.89. The minimum atomic E-state index is -3.44. The average Bonchev–Trinajstić information content (AvgIpc) is 2.38. The molecule has 5 nitrogen and oxygen atoms in total. The number of hydrogen-bond donors (Lipinski definition) is 2. The third kappa shape index (κ3) is 3.06. The summed E-state index contributed by atoms with van der Waals surface area (Å²) in [6, 6.07) is 0.0812. The van der Waals surface area contributed by atoms with Gasteiger partial charge in [0.25, 0.3) is 10.2 Å². The zero-order valence-electron chi connectivity index (χ0n) is 7.04. The molecule has 0 aromatic heterocycles. The first kappa shape index (κ1) is 9.91. The largest absolute Gasteiger partial charge is 0.299 e. The summed E-state index contributed by atoms with van der Waals surface area (Å²) in [6.07, 6.45) is 4.04. The lowest BCUT2D eigenvalue weighted by Crippen LogP contribution is -2.41. The highest BCUT2D eigenvalue weighted by Gasteiger charge is 2.20. The van der Waals surface area contributed by atoms with Crippen LogP contribution in [0, 0.1) is 0 Å². The van der Waals surface area contributed by atoms with Crippen molar-refractivity contribution in [2.45, 2.75) is 31.7 Å². The van der Waals surface area contributed by atoms with Crippen LogP contribution in [0.2, 0.25) is 0 Å². The lowest BCUT2D eigenvalue weighted by Gasteiger charge is -2.11. The fourth-order valence-corrected chi connectivity index (χ4v) is 2.34. The van der Waals surface area contributed by atoms with Gasteiger partial charge in [0.1, 0.15) is 0 Å². The highest BCUT2D eigenvalue weighted by atomic mass is 32.2. The predicted octanol–water partition coefficient (Wildman–Crippen LogP) is -0.0856. The highest BCUT2D eigenvalue weighted by molar-refractivity contribution is 7.87. The molecule has 0 aromatic carbocycles. The van der Waals surface area contributed by atoms with Crippen LogP contribution in [0.5, 0.6) is 0 Å². The van der Waals surface area contributed by atoms with Crippen LogP contribution in [-0.2, 0) is 15.0 Å². The van der Waals surface area contributed by atoms with Gasteiger partial charge in [-0.05, 0) is 12.8 Å². The van der Waals surface area contributed by atoms with E-state index < -0.39 is 10.2 Å². The lowest BCUT2D eigenvalue weighted by atomic mass is 10.3. The van der Waals surface area contributed by atoms with Crippen molar-refractivity contribution in [1.29, 1.82) is 0 Å². The quantitative estimate of drug-likeness (QED) is 0.615. The Morgan fingerprint density at radius 3 is 2.42 bits per heavy atom. The molecule has 12 heavy (non-hydrogen) atoms. The number of rotatable bonds is 4. The smallest absolute Gasteiger partial charge is 0.289 e. The maximum Gasteiger partial charge on any atom is 0.299 e. The minimum Gasteiger partial charge on any atom is -0.289 e. The summed E-state index contributed by atoms with van der Waals surface area (Å²) in [5.41, 5.74) is 0. The normalized spacial score (nSPS) is 20.1. The summed E-state index contributed by atoms with van der Waals surface area (Å²) >= 11 is 0. The van der Waals surface area contributed by atoms with Crippen molar-refractivity contribution in [2.24, 2.45) is 0 Å². The van der Waals surface area contributed by atoms with Crippen molar-refractivity contribution < 1.29 is 13.3 Å². The third-order valence-electron chi connectivity index (χ3n) is 1.87. The van der Waals surface area contributed by atoms with Crippen LogP contribution in [0.1, 0.15) is 25.7 Å². The topological polar surface area (TPSA) is 67.4 Å². The van der Waals surface area contributed by atoms with Gasteiger partial charge in [-0.2, -0.15) is 13.1 Å². The molecule has 1 aliphatic rings. The van der Waals surface area contributed by atoms with Crippen molar-refractivity contribution >= 4 is 10.2 Å².